The molecular formula is C16H30N2O3. The van der Waals surface area contributed by atoms with Crippen LogP contribution in [0.1, 0.15) is 32.6 Å². The van der Waals surface area contributed by atoms with E-state index in [1.807, 2.05) is 0 Å². The van der Waals surface area contributed by atoms with Crippen molar-refractivity contribution in [2.24, 2.45) is 11.8 Å². The van der Waals surface area contributed by atoms with Gasteiger partial charge in [-0.15, -0.1) is 0 Å². The van der Waals surface area contributed by atoms with E-state index in [1.54, 1.807) is 7.11 Å². The van der Waals surface area contributed by atoms with Crippen molar-refractivity contribution in [3.63, 3.8) is 0 Å². The summed E-state index contributed by atoms with van der Waals surface area (Å²) in [4.78, 5) is 16.8. The van der Waals surface area contributed by atoms with Crippen molar-refractivity contribution < 1.29 is 14.6 Å². The molecular weight excluding hydrogens is 268 g/mol. The zero-order chi connectivity index (χ0) is 15.2. The summed E-state index contributed by atoms with van der Waals surface area (Å²) in [6.45, 7) is 6.98. The van der Waals surface area contributed by atoms with Gasteiger partial charge in [-0.25, -0.2) is 0 Å². The summed E-state index contributed by atoms with van der Waals surface area (Å²) in [6, 6.07) is 0. The molecule has 2 aliphatic heterocycles. The fourth-order valence-corrected chi connectivity index (χ4v) is 3.39. The van der Waals surface area contributed by atoms with Crippen LogP contribution in [0.15, 0.2) is 0 Å². The maximum absolute atomic E-state index is 12.5. The lowest BCUT2D eigenvalue weighted by atomic mass is 9.92. The first kappa shape index (κ1) is 16.7. The summed E-state index contributed by atoms with van der Waals surface area (Å²) in [6.07, 6.45) is 3.71. The Labute approximate surface area is 128 Å². The number of carbonyl (C=O) groups excluding carboxylic acids is 1. The van der Waals surface area contributed by atoms with Crippen molar-refractivity contribution in [2.75, 3.05) is 46.4 Å². The van der Waals surface area contributed by atoms with Crippen molar-refractivity contribution in [3.8, 4) is 0 Å². The largest absolute Gasteiger partial charge is 0.389 e. The van der Waals surface area contributed by atoms with Crippen LogP contribution in [0.4, 0.5) is 0 Å². The molecule has 2 fully saturated rings. The highest BCUT2D eigenvalue weighted by molar-refractivity contribution is 5.79. The number of aliphatic hydroxyl groups is 1. The van der Waals surface area contributed by atoms with E-state index in [9.17, 15) is 9.90 Å². The Morgan fingerprint density at radius 1 is 1.19 bits per heavy atom. The highest BCUT2D eigenvalue weighted by Crippen LogP contribution is 2.23. The number of hydrogen-bond acceptors (Lipinski definition) is 4. The smallest absolute Gasteiger partial charge is 0.225 e. The maximum atomic E-state index is 12.5. The second kappa shape index (κ2) is 8.11. The van der Waals surface area contributed by atoms with Crippen LogP contribution in [0.25, 0.3) is 0 Å². The van der Waals surface area contributed by atoms with Gasteiger partial charge in [0.1, 0.15) is 0 Å². The van der Waals surface area contributed by atoms with Crippen LogP contribution in [-0.2, 0) is 9.53 Å². The molecule has 0 spiro atoms. The molecule has 2 rings (SSSR count). The third-order valence-corrected chi connectivity index (χ3v) is 4.86. The molecule has 5 nitrogen and oxygen atoms in total. The molecule has 2 aliphatic rings. The number of β-amino-alcohol motifs (C(OH)–C–C–N with tert-alkyl or cyclic N) is 1. The Morgan fingerprint density at radius 3 is 2.38 bits per heavy atom. The fraction of sp³-hybridized carbons (Fsp3) is 0.938. The molecule has 0 aliphatic carbocycles. The van der Waals surface area contributed by atoms with Crippen LogP contribution in [0, 0.1) is 11.8 Å². The number of aliphatic hydroxyl groups excluding tert-OH is 1. The molecule has 21 heavy (non-hydrogen) atoms. The quantitative estimate of drug-likeness (QED) is 0.821. The standard InChI is InChI=1S/C16H30N2O3/c1-13-3-9-18(10-4-13)16(20)14-5-7-17(8-6-14)11-15(19)12-21-2/h13-15,19H,3-12H2,1-2H3. The number of methoxy groups -OCH3 is 1. The number of piperidine rings is 2. The Balaban J connectivity index is 1.72. The third-order valence-electron chi connectivity index (χ3n) is 4.86. The minimum Gasteiger partial charge on any atom is -0.389 e. The highest BCUT2D eigenvalue weighted by atomic mass is 16.5. The number of likely N-dealkylation sites (tertiary alicyclic amines) is 2. The molecule has 5 heteroatoms. The van der Waals surface area contributed by atoms with E-state index in [4.69, 9.17) is 4.74 Å². The van der Waals surface area contributed by atoms with Gasteiger partial charge in [-0.1, -0.05) is 6.92 Å². The number of nitrogens with zero attached hydrogens (tertiary/aromatic N) is 2. The lowest BCUT2D eigenvalue weighted by Gasteiger charge is -2.37. The number of hydrogen-bond donors (Lipinski definition) is 1. The average Bonchev–Trinajstić information content (AvgIpc) is 2.48. The van der Waals surface area contributed by atoms with Crippen molar-refractivity contribution in [3.05, 3.63) is 0 Å². The molecule has 2 saturated heterocycles. The van der Waals surface area contributed by atoms with Gasteiger partial charge in [-0.2, -0.15) is 0 Å². The van der Waals surface area contributed by atoms with Gasteiger partial charge in [0.15, 0.2) is 0 Å². The topological polar surface area (TPSA) is 53.0 Å². The summed E-state index contributed by atoms with van der Waals surface area (Å²) in [5.74, 6) is 1.31. The zero-order valence-electron chi connectivity index (χ0n) is 13.5. The first-order valence-corrected chi connectivity index (χ1v) is 8.28. The summed E-state index contributed by atoms with van der Waals surface area (Å²) >= 11 is 0. The maximum Gasteiger partial charge on any atom is 0.225 e. The Hall–Kier alpha value is -0.650. The molecule has 0 aromatic rings. The molecule has 0 saturated carbocycles. The minimum atomic E-state index is -0.425. The van der Waals surface area contributed by atoms with E-state index in [2.05, 4.69) is 16.7 Å². The van der Waals surface area contributed by atoms with E-state index >= 15 is 0 Å². The number of ether oxygens (including phenoxy) is 1. The predicted octanol–water partition coefficient (Wildman–Crippen LogP) is 0.964. The molecule has 122 valence electrons. The number of carbonyl (C=O) groups is 1. The minimum absolute atomic E-state index is 0.189. The zero-order valence-corrected chi connectivity index (χ0v) is 13.5. The molecule has 1 atom stereocenters. The van der Waals surface area contributed by atoms with Gasteiger partial charge >= 0.3 is 0 Å². The third kappa shape index (κ3) is 4.94. The van der Waals surface area contributed by atoms with E-state index in [0.717, 1.165) is 57.8 Å². The molecule has 2 heterocycles. The van der Waals surface area contributed by atoms with E-state index in [0.29, 0.717) is 19.1 Å². The van der Waals surface area contributed by atoms with Crippen molar-refractivity contribution in [1.29, 1.82) is 0 Å². The summed E-state index contributed by atoms with van der Waals surface area (Å²) in [7, 11) is 1.60. The lowest BCUT2D eigenvalue weighted by Crippen LogP contribution is -2.46. The van der Waals surface area contributed by atoms with Gasteiger partial charge in [0.05, 0.1) is 12.7 Å². The second-order valence-electron chi connectivity index (χ2n) is 6.69. The highest BCUT2D eigenvalue weighted by Gasteiger charge is 2.30. The Morgan fingerprint density at radius 2 is 1.81 bits per heavy atom. The van der Waals surface area contributed by atoms with Crippen molar-refractivity contribution >= 4 is 5.91 Å². The molecule has 0 aromatic carbocycles. The Kier molecular flexibility index (Phi) is 6.45. The molecule has 1 N–H and O–H groups in total. The Bertz CT molecular complexity index is 321. The second-order valence-corrected chi connectivity index (χ2v) is 6.69. The van der Waals surface area contributed by atoms with Crippen LogP contribution in [0.2, 0.25) is 0 Å². The van der Waals surface area contributed by atoms with Crippen molar-refractivity contribution in [2.45, 2.75) is 38.7 Å². The monoisotopic (exact) mass is 298 g/mol. The van der Waals surface area contributed by atoms with Crippen LogP contribution in [0.3, 0.4) is 0 Å². The SMILES string of the molecule is COCC(O)CN1CCC(C(=O)N2CCC(C)CC2)CC1. The molecule has 1 amide bonds. The summed E-state index contributed by atoms with van der Waals surface area (Å²) in [5.41, 5.74) is 0. The van der Waals surface area contributed by atoms with Crippen molar-refractivity contribution in [1.82, 2.24) is 9.80 Å². The van der Waals surface area contributed by atoms with Gasteiger partial charge in [0.2, 0.25) is 5.91 Å². The van der Waals surface area contributed by atoms with Gasteiger partial charge in [-0.3, -0.25) is 4.79 Å². The number of amides is 1. The summed E-state index contributed by atoms with van der Waals surface area (Å²) < 4.78 is 4.96. The lowest BCUT2D eigenvalue weighted by molar-refractivity contribution is -0.138. The first-order valence-electron chi connectivity index (χ1n) is 8.28. The molecule has 0 bridgehead atoms. The average molecular weight is 298 g/mol. The van der Waals surface area contributed by atoms with Crippen LogP contribution in [0.5, 0.6) is 0 Å². The van der Waals surface area contributed by atoms with Crippen LogP contribution in [-0.4, -0.2) is 73.4 Å². The van der Waals surface area contributed by atoms with Crippen LogP contribution >= 0.6 is 0 Å². The van der Waals surface area contributed by atoms with E-state index < -0.39 is 6.10 Å². The fourth-order valence-electron chi connectivity index (χ4n) is 3.39. The van der Waals surface area contributed by atoms with Gasteiger partial charge < -0.3 is 19.6 Å². The first-order chi connectivity index (χ1) is 10.1. The summed E-state index contributed by atoms with van der Waals surface area (Å²) in [5, 5.41) is 9.76. The van der Waals surface area contributed by atoms with Gasteiger partial charge in [0, 0.05) is 32.7 Å². The van der Waals surface area contributed by atoms with E-state index in [-0.39, 0.29) is 5.92 Å². The normalized spacial score (nSPS) is 24.2. The van der Waals surface area contributed by atoms with Crippen LogP contribution < -0.4 is 0 Å². The van der Waals surface area contributed by atoms with E-state index in [1.165, 1.54) is 0 Å². The molecule has 0 radical (unpaired) electrons. The number of rotatable bonds is 5. The molecule has 0 aromatic heterocycles. The van der Waals surface area contributed by atoms with Gasteiger partial charge in [-0.05, 0) is 44.7 Å². The molecule has 1 unspecified atom stereocenters. The predicted molar refractivity (Wildman–Crippen MR) is 82.0 cm³/mol. The van der Waals surface area contributed by atoms with Gasteiger partial charge in [0.25, 0.3) is 0 Å².